The van der Waals surface area contributed by atoms with Gasteiger partial charge in [-0.3, -0.25) is 9.69 Å². The molecule has 2 aromatic carbocycles. The molecule has 0 unspecified atom stereocenters. The second-order valence-corrected chi connectivity index (χ2v) is 8.40. The maximum absolute atomic E-state index is 13.0. The Labute approximate surface area is 182 Å². The van der Waals surface area contributed by atoms with E-state index in [-0.39, 0.29) is 11.9 Å². The first-order valence-electron chi connectivity index (χ1n) is 10.2. The third-order valence-electron chi connectivity index (χ3n) is 5.33. The summed E-state index contributed by atoms with van der Waals surface area (Å²) in [6, 6.07) is 24.0. The van der Waals surface area contributed by atoms with Crippen molar-refractivity contribution in [2.24, 2.45) is 0 Å². The SMILES string of the molecule is C[C@H](C(=O)Nc1ccccc1Sc1ccccc1)N1CCN(c2ccccn2)CC1. The molecule has 3 aromatic rings. The summed E-state index contributed by atoms with van der Waals surface area (Å²) in [5, 5.41) is 3.14. The van der Waals surface area contributed by atoms with E-state index in [0.717, 1.165) is 47.5 Å². The lowest BCUT2D eigenvalue weighted by atomic mass is 10.2. The van der Waals surface area contributed by atoms with Crippen molar-refractivity contribution in [1.29, 1.82) is 0 Å². The van der Waals surface area contributed by atoms with Crippen molar-refractivity contribution in [3.8, 4) is 0 Å². The summed E-state index contributed by atoms with van der Waals surface area (Å²) >= 11 is 1.66. The zero-order valence-corrected chi connectivity index (χ0v) is 17.9. The van der Waals surface area contributed by atoms with Gasteiger partial charge >= 0.3 is 0 Å². The van der Waals surface area contributed by atoms with E-state index >= 15 is 0 Å². The van der Waals surface area contributed by atoms with Crippen LogP contribution in [0.3, 0.4) is 0 Å². The highest BCUT2D eigenvalue weighted by atomic mass is 32.2. The number of rotatable bonds is 6. The van der Waals surface area contributed by atoms with Gasteiger partial charge in [-0.15, -0.1) is 0 Å². The number of aromatic nitrogens is 1. The average Bonchev–Trinajstić information content (AvgIpc) is 2.81. The van der Waals surface area contributed by atoms with Crippen LogP contribution in [0, 0.1) is 0 Å². The van der Waals surface area contributed by atoms with Gasteiger partial charge in [0.2, 0.25) is 5.91 Å². The lowest BCUT2D eigenvalue weighted by molar-refractivity contribution is -0.120. The van der Waals surface area contributed by atoms with Gasteiger partial charge in [-0.1, -0.05) is 48.2 Å². The van der Waals surface area contributed by atoms with Crippen LogP contribution >= 0.6 is 11.8 Å². The number of carbonyl (C=O) groups excluding carboxylic acids is 1. The zero-order valence-electron chi connectivity index (χ0n) is 17.1. The Morgan fingerprint density at radius 3 is 2.37 bits per heavy atom. The molecule has 0 aliphatic carbocycles. The van der Waals surface area contributed by atoms with Crippen molar-refractivity contribution in [3.63, 3.8) is 0 Å². The Balaban J connectivity index is 1.36. The fraction of sp³-hybridized carbons (Fsp3) is 0.250. The Hall–Kier alpha value is -2.83. The summed E-state index contributed by atoms with van der Waals surface area (Å²) in [4.78, 5) is 24.1. The molecule has 6 heteroatoms. The first-order chi connectivity index (χ1) is 14.7. The van der Waals surface area contributed by atoms with E-state index in [1.165, 1.54) is 0 Å². The van der Waals surface area contributed by atoms with E-state index in [0.29, 0.717) is 0 Å². The number of benzene rings is 2. The van der Waals surface area contributed by atoms with Gasteiger partial charge in [-0.25, -0.2) is 4.98 Å². The van der Waals surface area contributed by atoms with Crippen LogP contribution in [0.5, 0.6) is 0 Å². The van der Waals surface area contributed by atoms with Crippen LogP contribution in [0.4, 0.5) is 11.5 Å². The number of piperazine rings is 1. The number of nitrogens with zero attached hydrogens (tertiary/aromatic N) is 3. The van der Waals surface area contributed by atoms with Crippen molar-refractivity contribution in [3.05, 3.63) is 79.0 Å². The molecule has 1 aliphatic heterocycles. The number of pyridine rings is 1. The number of amides is 1. The second-order valence-electron chi connectivity index (χ2n) is 7.29. The molecule has 1 aliphatic rings. The van der Waals surface area contributed by atoms with Gasteiger partial charge in [-0.05, 0) is 43.3 Å². The van der Waals surface area contributed by atoms with Gasteiger partial charge < -0.3 is 10.2 Å². The molecular weight excluding hydrogens is 392 g/mol. The van der Waals surface area contributed by atoms with E-state index < -0.39 is 0 Å². The molecule has 154 valence electrons. The quantitative estimate of drug-likeness (QED) is 0.644. The lowest BCUT2D eigenvalue weighted by Crippen LogP contribution is -2.53. The monoisotopic (exact) mass is 418 g/mol. The fourth-order valence-electron chi connectivity index (χ4n) is 3.56. The normalized spacial score (nSPS) is 15.6. The van der Waals surface area contributed by atoms with Crippen LogP contribution in [-0.2, 0) is 4.79 Å². The largest absolute Gasteiger partial charge is 0.354 e. The summed E-state index contributed by atoms with van der Waals surface area (Å²) in [6.45, 7) is 5.40. The van der Waals surface area contributed by atoms with Gasteiger partial charge in [0, 0.05) is 42.2 Å². The van der Waals surface area contributed by atoms with Crippen molar-refractivity contribution >= 4 is 29.2 Å². The fourth-order valence-corrected chi connectivity index (χ4v) is 4.48. The molecule has 2 heterocycles. The second kappa shape index (κ2) is 9.78. The zero-order chi connectivity index (χ0) is 20.8. The van der Waals surface area contributed by atoms with E-state index in [4.69, 9.17) is 0 Å². The predicted molar refractivity (Wildman–Crippen MR) is 123 cm³/mol. The van der Waals surface area contributed by atoms with Crippen molar-refractivity contribution in [2.45, 2.75) is 22.8 Å². The van der Waals surface area contributed by atoms with E-state index in [9.17, 15) is 4.79 Å². The first-order valence-corrected chi connectivity index (χ1v) is 11.1. The third-order valence-corrected chi connectivity index (χ3v) is 6.41. The Morgan fingerprint density at radius 1 is 0.933 bits per heavy atom. The molecule has 0 saturated carbocycles. The number of hydrogen-bond acceptors (Lipinski definition) is 5. The molecule has 4 rings (SSSR count). The van der Waals surface area contributed by atoms with Gasteiger partial charge in [0.1, 0.15) is 5.82 Å². The summed E-state index contributed by atoms with van der Waals surface area (Å²) in [5.74, 6) is 1.03. The third kappa shape index (κ3) is 5.01. The summed E-state index contributed by atoms with van der Waals surface area (Å²) < 4.78 is 0. The van der Waals surface area contributed by atoms with Crippen molar-refractivity contribution in [2.75, 3.05) is 36.4 Å². The average molecular weight is 419 g/mol. The van der Waals surface area contributed by atoms with Crippen LogP contribution in [-0.4, -0.2) is 48.0 Å². The van der Waals surface area contributed by atoms with E-state index in [1.54, 1.807) is 11.8 Å². The molecule has 0 radical (unpaired) electrons. The van der Waals surface area contributed by atoms with Crippen molar-refractivity contribution in [1.82, 2.24) is 9.88 Å². The molecule has 1 amide bonds. The molecule has 1 fully saturated rings. The molecule has 30 heavy (non-hydrogen) atoms. The summed E-state index contributed by atoms with van der Waals surface area (Å²) in [5.41, 5.74) is 0.857. The highest BCUT2D eigenvalue weighted by Gasteiger charge is 2.26. The van der Waals surface area contributed by atoms with Gasteiger partial charge in [0.05, 0.1) is 11.7 Å². The highest BCUT2D eigenvalue weighted by Crippen LogP contribution is 2.33. The number of hydrogen-bond donors (Lipinski definition) is 1. The Bertz CT molecular complexity index is 959. The van der Waals surface area contributed by atoms with Crippen LogP contribution in [0.25, 0.3) is 0 Å². The molecule has 0 bridgehead atoms. The Morgan fingerprint density at radius 2 is 1.63 bits per heavy atom. The number of anilines is 2. The molecule has 0 spiro atoms. The molecule has 1 saturated heterocycles. The molecule has 5 nitrogen and oxygen atoms in total. The lowest BCUT2D eigenvalue weighted by Gasteiger charge is -2.38. The smallest absolute Gasteiger partial charge is 0.241 e. The first kappa shape index (κ1) is 20.4. The maximum atomic E-state index is 13.0. The molecule has 1 N–H and O–H groups in total. The van der Waals surface area contributed by atoms with Crippen molar-refractivity contribution < 1.29 is 4.79 Å². The Kier molecular flexibility index (Phi) is 6.67. The standard InChI is InChI=1S/C24H26N4OS/c1-19(27-15-17-28(18-16-27)23-13-7-8-14-25-23)24(29)26-21-11-5-6-12-22(21)30-20-9-3-2-4-10-20/h2-14,19H,15-18H2,1H3,(H,26,29)/t19-/m1/s1. The number of para-hydroxylation sites is 1. The molecule has 1 aromatic heterocycles. The number of nitrogens with one attached hydrogen (secondary N) is 1. The van der Waals surface area contributed by atoms with E-state index in [2.05, 4.69) is 32.2 Å². The van der Waals surface area contributed by atoms with E-state index in [1.807, 2.05) is 73.8 Å². The van der Waals surface area contributed by atoms with Gasteiger partial charge in [0.25, 0.3) is 0 Å². The van der Waals surface area contributed by atoms with Crippen LogP contribution < -0.4 is 10.2 Å². The molecule has 1 atom stereocenters. The van der Waals surface area contributed by atoms with Gasteiger partial charge in [0.15, 0.2) is 0 Å². The minimum atomic E-state index is -0.189. The maximum Gasteiger partial charge on any atom is 0.241 e. The van der Waals surface area contributed by atoms with Crippen LogP contribution in [0.2, 0.25) is 0 Å². The number of carbonyl (C=O) groups is 1. The summed E-state index contributed by atoms with van der Waals surface area (Å²) in [7, 11) is 0. The van der Waals surface area contributed by atoms with Gasteiger partial charge in [-0.2, -0.15) is 0 Å². The summed E-state index contributed by atoms with van der Waals surface area (Å²) in [6.07, 6.45) is 1.82. The topological polar surface area (TPSA) is 48.5 Å². The minimum Gasteiger partial charge on any atom is -0.354 e. The predicted octanol–water partition coefficient (Wildman–Crippen LogP) is 4.38. The minimum absolute atomic E-state index is 0.0300. The van der Waals surface area contributed by atoms with Crippen LogP contribution in [0.1, 0.15) is 6.92 Å². The highest BCUT2D eigenvalue weighted by molar-refractivity contribution is 7.99. The van der Waals surface area contributed by atoms with Crippen LogP contribution in [0.15, 0.2) is 88.8 Å². The molecular formula is C24H26N4OS.